The van der Waals surface area contributed by atoms with E-state index in [0.717, 1.165) is 25.4 Å². The van der Waals surface area contributed by atoms with Crippen LogP contribution in [-0.2, 0) is 11.3 Å². The molecule has 1 aromatic heterocycles. The topological polar surface area (TPSA) is 50.6 Å². The van der Waals surface area contributed by atoms with Crippen LogP contribution in [0.5, 0.6) is 5.75 Å². The Morgan fingerprint density at radius 1 is 1.26 bits per heavy atom. The number of amides is 1. The lowest BCUT2D eigenvalue weighted by Crippen LogP contribution is -2.33. The molecule has 0 N–H and O–H groups in total. The lowest BCUT2D eigenvalue weighted by molar-refractivity contribution is -0.130. The van der Waals surface area contributed by atoms with Crippen molar-refractivity contribution in [3.8, 4) is 5.75 Å². The van der Waals surface area contributed by atoms with Gasteiger partial charge in [0.15, 0.2) is 0 Å². The molecule has 6 nitrogen and oxygen atoms in total. The third kappa shape index (κ3) is 3.69. The van der Waals surface area contributed by atoms with E-state index >= 15 is 0 Å². The van der Waals surface area contributed by atoms with Crippen LogP contribution in [0.1, 0.15) is 18.0 Å². The number of hydrogen-bond donors (Lipinski definition) is 0. The van der Waals surface area contributed by atoms with Crippen LogP contribution in [0.15, 0.2) is 36.7 Å². The van der Waals surface area contributed by atoms with Crippen molar-refractivity contribution in [3.63, 3.8) is 0 Å². The van der Waals surface area contributed by atoms with Crippen LogP contribution >= 0.6 is 11.6 Å². The van der Waals surface area contributed by atoms with E-state index in [-0.39, 0.29) is 5.91 Å². The predicted octanol–water partition coefficient (Wildman–Crippen LogP) is 2.70. The Hall–Kier alpha value is -2.05. The van der Waals surface area contributed by atoms with Gasteiger partial charge in [0.2, 0.25) is 5.91 Å². The zero-order chi connectivity index (χ0) is 19.0. The quantitative estimate of drug-likeness (QED) is 0.790. The third-order valence-electron chi connectivity index (χ3n) is 5.86. The van der Waals surface area contributed by atoms with Gasteiger partial charge in [-0.25, -0.2) is 0 Å². The molecule has 3 atom stereocenters. The van der Waals surface area contributed by atoms with E-state index < -0.39 is 0 Å². The van der Waals surface area contributed by atoms with Crippen LogP contribution in [0.3, 0.4) is 0 Å². The Bertz CT molecular complexity index is 807. The van der Waals surface area contributed by atoms with Crippen molar-refractivity contribution in [1.82, 2.24) is 19.6 Å². The van der Waals surface area contributed by atoms with Crippen molar-refractivity contribution < 1.29 is 9.53 Å². The van der Waals surface area contributed by atoms with Crippen molar-refractivity contribution in [1.29, 1.82) is 0 Å². The molecule has 2 aliphatic rings. The molecule has 2 aromatic rings. The number of nitrogens with zero attached hydrogens (tertiary/aromatic N) is 4. The van der Waals surface area contributed by atoms with Gasteiger partial charge in [-0.15, -0.1) is 0 Å². The molecular weight excluding hydrogens is 364 g/mol. The second-order valence-electron chi connectivity index (χ2n) is 7.55. The average molecular weight is 389 g/mol. The fourth-order valence-corrected chi connectivity index (χ4v) is 4.75. The van der Waals surface area contributed by atoms with E-state index in [1.165, 1.54) is 5.56 Å². The third-order valence-corrected chi connectivity index (χ3v) is 6.06. The summed E-state index contributed by atoms with van der Waals surface area (Å²) in [5, 5.41) is 4.74. The summed E-state index contributed by atoms with van der Waals surface area (Å²) in [6.07, 6.45) is 3.81. The maximum Gasteiger partial charge on any atom is 0.224 e. The fraction of sp³-hybridized carbons (Fsp3) is 0.500. The Balaban J connectivity index is 1.40. The van der Waals surface area contributed by atoms with Crippen LogP contribution < -0.4 is 4.74 Å². The molecule has 1 amide bonds. The van der Waals surface area contributed by atoms with Gasteiger partial charge in [0.1, 0.15) is 5.75 Å². The SMILES string of the molecule is COc1ccc([C@@H]2[C@@H]3CN(C(=O)CCn4cc(Cl)cn4)C[C@@H]3CN2C)cc1. The first-order chi connectivity index (χ1) is 13.0. The number of hydrogen-bond acceptors (Lipinski definition) is 4. The van der Waals surface area contributed by atoms with E-state index in [9.17, 15) is 4.79 Å². The van der Waals surface area contributed by atoms with Gasteiger partial charge in [-0.1, -0.05) is 23.7 Å². The lowest BCUT2D eigenvalue weighted by atomic mass is 9.89. The molecule has 144 valence electrons. The van der Waals surface area contributed by atoms with Crippen molar-refractivity contribution in [2.45, 2.75) is 19.0 Å². The molecule has 0 saturated carbocycles. The summed E-state index contributed by atoms with van der Waals surface area (Å²) in [7, 11) is 3.87. The molecule has 0 unspecified atom stereocenters. The van der Waals surface area contributed by atoms with E-state index in [4.69, 9.17) is 16.3 Å². The van der Waals surface area contributed by atoms with Gasteiger partial charge in [-0.05, 0) is 30.7 Å². The van der Waals surface area contributed by atoms with Crippen molar-refractivity contribution in [2.75, 3.05) is 33.8 Å². The van der Waals surface area contributed by atoms with Gasteiger partial charge in [-0.3, -0.25) is 14.4 Å². The largest absolute Gasteiger partial charge is 0.497 e. The van der Waals surface area contributed by atoms with E-state index in [0.29, 0.717) is 35.9 Å². The molecule has 0 bridgehead atoms. The number of likely N-dealkylation sites (tertiary alicyclic amines) is 2. The van der Waals surface area contributed by atoms with E-state index in [2.05, 4.69) is 29.2 Å². The minimum Gasteiger partial charge on any atom is -0.497 e. The normalized spacial score (nSPS) is 25.0. The highest BCUT2D eigenvalue weighted by Crippen LogP contribution is 2.44. The molecule has 0 radical (unpaired) electrons. The number of aromatic nitrogens is 2. The first kappa shape index (κ1) is 18.3. The highest BCUT2D eigenvalue weighted by atomic mass is 35.5. The fourth-order valence-electron chi connectivity index (χ4n) is 4.59. The maximum absolute atomic E-state index is 12.7. The zero-order valence-electron chi connectivity index (χ0n) is 15.7. The van der Waals surface area contributed by atoms with Gasteiger partial charge < -0.3 is 9.64 Å². The van der Waals surface area contributed by atoms with E-state index in [1.54, 1.807) is 24.2 Å². The molecule has 4 rings (SSSR count). The molecule has 2 aliphatic heterocycles. The predicted molar refractivity (Wildman–Crippen MR) is 104 cm³/mol. The Kier molecular flexibility index (Phi) is 5.10. The van der Waals surface area contributed by atoms with E-state index in [1.807, 2.05) is 17.0 Å². The Morgan fingerprint density at radius 2 is 2.04 bits per heavy atom. The number of halogens is 1. The molecule has 2 fully saturated rings. The number of rotatable bonds is 5. The second kappa shape index (κ2) is 7.52. The maximum atomic E-state index is 12.7. The summed E-state index contributed by atoms with van der Waals surface area (Å²) in [5.74, 6) is 2.08. The number of carbonyl (C=O) groups excluding carboxylic acids is 1. The standard InChI is InChI=1S/C20H25ClN4O2/c1-23-10-15-11-24(19(26)7-8-25-12-16(21)9-22-25)13-18(15)20(23)14-3-5-17(27-2)6-4-14/h3-6,9,12,15,18,20H,7-8,10-11,13H2,1-2H3/t15-,18+,20+/m0/s1. The van der Waals surface area contributed by atoms with Crippen LogP contribution in [0, 0.1) is 11.8 Å². The molecule has 0 aliphatic carbocycles. The monoisotopic (exact) mass is 388 g/mol. The first-order valence-corrected chi connectivity index (χ1v) is 9.73. The van der Waals surface area contributed by atoms with Crippen LogP contribution in [0.25, 0.3) is 0 Å². The molecule has 0 spiro atoms. The lowest BCUT2D eigenvalue weighted by Gasteiger charge is -2.27. The minimum atomic E-state index is 0.201. The number of aryl methyl sites for hydroxylation is 1. The number of ether oxygens (including phenoxy) is 1. The summed E-state index contributed by atoms with van der Waals surface area (Å²) < 4.78 is 7.00. The smallest absolute Gasteiger partial charge is 0.224 e. The van der Waals surface area contributed by atoms with Gasteiger partial charge in [0.05, 0.1) is 18.3 Å². The highest BCUT2D eigenvalue weighted by Gasteiger charge is 2.47. The van der Waals surface area contributed by atoms with Crippen molar-refractivity contribution in [3.05, 3.63) is 47.2 Å². The number of carbonyl (C=O) groups is 1. The first-order valence-electron chi connectivity index (χ1n) is 9.35. The van der Waals surface area contributed by atoms with Crippen LogP contribution in [0.2, 0.25) is 5.02 Å². The molecule has 27 heavy (non-hydrogen) atoms. The van der Waals surface area contributed by atoms with Gasteiger partial charge in [-0.2, -0.15) is 5.10 Å². The number of fused-ring (bicyclic) bond motifs is 1. The summed E-state index contributed by atoms with van der Waals surface area (Å²) in [5.41, 5.74) is 1.30. The Morgan fingerprint density at radius 3 is 2.70 bits per heavy atom. The number of methoxy groups -OCH3 is 1. The number of benzene rings is 1. The highest BCUT2D eigenvalue weighted by molar-refractivity contribution is 6.30. The van der Waals surface area contributed by atoms with Crippen LogP contribution in [-0.4, -0.2) is 59.3 Å². The summed E-state index contributed by atoms with van der Waals surface area (Å²) in [6, 6.07) is 8.68. The second-order valence-corrected chi connectivity index (χ2v) is 7.99. The molecule has 2 saturated heterocycles. The molecule has 3 heterocycles. The average Bonchev–Trinajstić information content (AvgIpc) is 3.34. The zero-order valence-corrected chi connectivity index (χ0v) is 16.5. The summed E-state index contributed by atoms with van der Waals surface area (Å²) in [4.78, 5) is 17.1. The summed E-state index contributed by atoms with van der Waals surface area (Å²) in [6.45, 7) is 3.27. The van der Waals surface area contributed by atoms with Crippen molar-refractivity contribution in [2.24, 2.45) is 11.8 Å². The molecule has 1 aromatic carbocycles. The van der Waals surface area contributed by atoms with Gasteiger partial charge >= 0.3 is 0 Å². The summed E-state index contributed by atoms with van der Waals surface area (Å²) >= 11 is 5.88. The Labute approximate surface area is 164 Å². The van der Waals surface area contributed by atoms with Gasteiger partial charge in [0.25, 0.3) is 0 Å². The van der Waals surface area contributed by atoms with Crippen LogP contribution in [0.4, 0.5) is 0 Å². The van der Waals surface area contributed by atoms with Gasteiger partial charge in [0, 0.05) is 50.8 Å². The molecular formula is C20H25ClN4O2. The van der Waals surface area contributed by atoms with Crippen molar-refractivity contribution >= 4 is 17.5 Å². The molecule has 7 heteroatoms. The minimum absolute atomic E-state index is 0.201.